The molecule has 3 aliphatic rings. The van der Waals surface area contributed by atoms with Crippen LogP contribution in [0.15, 0.2) is 0 Å². The van der Waals surface area contributed by atoms with Gasteiger partial charge in [0.05, 0.1) is 6.54 Å². The van der Waals surface area contributed by atoms with Crippen molar-refractivity contribution in [1.82, 2.24) is 20.9 Å². The van der Waals surface area contributed by atoms with Crippen LogP contribution in [0, 0.1) is 5.92 Å². The van der Waals surface area contributed by atoms with Gasteiger partial charge in [0.1, 0.15) is 5.54 Å². The molecule has 0 saturated carbocycles. The fourth-order valence-electron chi connectivity index (χ4n) is 3.49. The maximum atomic E-state index is 12.3. The molecule has 3 fully saturated rings. The molecule has 0 aromatic rings. The van der Waals surface area contributed by atoms with Crippen LogP contribution in [0.3, 0.4) is 0 Å². The lowest BCUT2D eigenvalue weighted by molar-refractivity contribution is -0.131. The van der Waals surface area contributed by atoms with E-state index in [0.29, 0.717) is 31.8 Å². The first-order valence-electron chi connectivity index (χ1n) is 7.71. The number of carbonyl (C=O) groups is 3. The van der Waals surface area contributed by atoms with Crippen LogP contribution in [0.25, 0.3) is 0 Å². The number of nitrogens with zero attached hydrogens (tertiary/aromatic N) is 1. The lowest BCUT2D eigenvalue weighted by Gasteiger charge is -2.24. The van der Waals surface area contributed by atoms with Gasteiger partial charge in [-0.2, -0.15) is 0 Å². The highest BCUT2D eigenvalue weighted by atomic mass is 16.2. The van der Waals surface area contributed by atoms with Crippen LogP contribution >= 0.6 is 0 Å². The third-order valence-electron chi connectivity index (χ3n) is 4.80. The smallest absolute Gasteiger partial charge is 0.322 e. The van der Waals surface area contributed by atoms with Crippen LogP contribution in [0.4, 0.5) is 4.79 Å². The Morgan fingerprint density at radius 1 is 1.38 bits per heavy atom. The normalized spacial score (nSPS) is 32.4. The van der Waals surface area contributed by atoms with Crippen molar-refractivity contribution in [3.63, 3.8) is 0 Å². The summed E-state index contributed by atoms with van der Waals surface area (Å²) in [4.78, 5) is 37.1. The molecule has 2 unspecified atom stereocenters. The SMILES string of the molecule is O=C1NC(=O)C2(CCN(C(=O)CCC3CCCNC3)C2)N1. The van der Waals surface area contributed by atoms with Crippen molar-refractivity contribution in [3.8, 4) is 0 Å². The third kappa shape index (κ3) is 2.88. The second-order valence-electron chi connectivity index (χ2n) is 6.31. The molecule has 0 aromatic heterocycles. The number of imide groups is 1. The average molecular weight is 294 g/mol. The average Bonchev–Trinajstić information content (AvgIpc) is 3.02. The molecule has 21 heavy (non-hydrogen) atoms. The van der Waals surface area contributed by atoms with E-state index < -0.39 is 11.6 Å². The molecule has 0 aliphatic carbocycles. The lowest BCUT2D eigenvalue weighted by Crippen LogP contribution is -2.49. The number of amides is 4. The molecule has 0 radical (unpaired) electrons. The van der Waals surface area contributed by atoms with Crippen LogP contribution in [0.1, 0.15) is 32.1 Å². The summed E-state index contributed by atoms with van der Waals surface area (Å²) in [6, 6.07) is -0.456. The van der Waals surface area contributed by atoms with Gasteiger partial charge >= 0.3 is 6.03 Å². The molecule has 116 valence electrons. The van der Waals surface area contributed by atoms with Gasteiger partial charge in [-0.25, -0.2) is 4.79 Å². The minimum Gasteiger partial charge on any atom is -0.340 e. The van der Waals surface area contributed by atoms with E-state index in [1.54, 1.807) is 4.90 Å². The van der Waals surface area contributed by atoms with Crippen LogP contribution in [0.5, 0.6) is 0 Å². The topological polar surface area (TPSA) is 90.5 Å². The molecule has 7 heteroatoms. The van der Waals surface area contributed by atoms with Gasteiger partial charge in [-0.15, -0.1) is 0 Å². The quantitative estimate of drug-likeness (QED) is 0.617. The molecule has 1 spiro atoms. The zero-order valence-corrected chi connectivity index (χ0v) is 12.1. The molecule has 3 N–H and O–H groups in total. The summed E-state index contributed by atoms with van der Waals surface area (Å²) in [5.74, 6) is 0.361. The summed E-state index contributed by atoms with van der Waals surface area (Å²) < 4.78 is 0. The molecular weight excluding hydrogens is 272 g/mol. The number of piperidine rings is 1. The predicted molar refractivity (Wildman–Crippen MR) is 75.4 cm³/mol. The predicted octanol–water partition coefficient (Wildman–Crippen LogP) is -0.423. The Kier molecular flexibility index (Phi) is 3.84. The van der Waals surface area contributed by atoms with Gasteiger partial charge in [0.15, 0.2) is 0 Å². The van der Waals surface area contributed by atoms with Gasteiger partial charge in [-0.3, -0.25) is 14.9 Å². The van der Waals surface area contributed by atoms with Crippen molar-refractivity contribution in [2.75, 3.05) is 26.2 Å². The first-order valence-corrected chi connectivity index (χ1v) is 7.71. The molecular formula is C14H22N4O3. The standard InChI is InChI=1S/C14H22N4O3/c19-11(4-3-10-2-1-6-15-8-10)18-7-5-14(9-18)12(20)16-13(21)17-14/h10,15H,1-9H2,(H2,16,17,20,21). The maximum absolute atomic E-state index is 12.3. The number of hydrogen-bond donors (Lipinski definition) is 3. The summed E-state index contributed by atoms with van der Waals surface area (Å²) in [5, 5.41) is 8.28. The van der Waals surface area contributed by atoms with Crippen molar-refractivity contribution in [2.24, 2.45) is 5.92 Å². The highest BCUT2D eigenvalue weighted by molar-refractivity contribution is 6.07. The van der Waals surface area contributed by atoms with Crippen LogP contribution < -0.4 is 16.0 Å². The van der Waals surface area contributed by atoms with Gasteiger partial charge < -0.3 is 15.5 Å². The van der Waals surface area contributed by atoms with E-state index >= 15 is 0 Å². The molecule has 4 amide bonds. The Balaban J connectivity index is 1.50. The number of rotatable bonds is 3. The molecule has 0 bridgehead atoms. The van der Waals surface area contributed by atoms with Crippen molar-refractivity contribution in [1.29, 1.82) is 0 Å². The molecule has 7 nitrogen and oxygen atoms in total. The summed E-state index contributed by atoms with van der Waals surface area (Å²) in [7, 11) is 0. The molecule has 3 heterocycles. The summed E-state index contributed by atoms with van der Waals surface area (Å²) in [6.07, 6.45) is 4.29. The van der Waals surface area contributed by atoms with Crippen molar-refractivity contribution in [2.45, 2.75) is 37.6 Å². The van der Waals surface area contributed by atoms with E-state index in [0.717, 1.165) is 19.5 Å². The number of urea groups is 1. The van der Waals surface area contributed by atoms with E-state index in [1.165, 1.54) is 12.8 Å². The maximum Gasteiger partial charge on any atom is 0.322 e. The molecule has 0 aromatic carbocycles. The lowest BCUT2D eigenvalue weighted by atomic mass is 9.94. The number of carbonyl (C=O) groups excluding carboxylic acids is 3. The Morgan fingerprint density at radius 2 is 2.24 bits per heavy atom. The molecule has 3 aliphatic heterocycles. The van der Waals surface area contributed by atoms with Crippen LogP contribution in [0.2, 0.25) is 0 Å². The number of nitrogens with one attached hydrogen (secondary N) is 3. The summed E-state index contributed by atoms with van der Waals surface area (Å²) in [5.41, 5.74) is -0.890. The molecule has 3 rings (SSSR count). The van der Waals surface area contributed by atoms with Gasteiger partial charge in [0.2, 0.25) is 5.91 Å². The van der Waals surface area contributed by atoms with Crippen molar-refractivity contribution >= 4 is 17.8 Å². The highest BCUT2D eigenvalue weighted by Gasteiger charge is 2.51. The first kappa shape index (κ1) is 14.3. The Hall–Kier alpha value is -1.63. The minimum absolute atomic E-state index is 0.0893. The Morgan fingerprint density at radius 3 is 2.90 bits per heavy atom. The van der Waals surface area contributed by atoms with E-state index in [9.17, 15) is 14.4 Å². The zero-order chi connectivity index (χ0) is 14.9. The molecule has 3 saturated heterocycles. The third-order valence-corrected chi connectivity index (χ3v) is 4.80. The van der Waals surface area contributed by atoms with E-state index in [2.05, 4.69) is 16.0 Å². The van der Waals surface area contributed by atoms with Gasteiger partial charge in [-0.1, -0.05) is 0 Å². The van der Waals surface area contributed by atoms with Crippen LogP contribution in [-0.2, 0) is 9.59 Å². The molecule has 2 atom stereocenters. The fourth-order valence-corrected chi connectivity index (χ4v) is 3.49. The van der Waals surface area contributed by atoms with Crippen LogP contribution in [-0.4, -0.2) is 54.5 Å². The Bertz CT molecular complexity index is 461. The first-order chi connectivity index (χ1) is 10.1. The number of likely N-dealkylation sites (tertiary alicyclic amines) is 1. The monoisotopic (exact) mass is 294 g/mol. The zero-order valence-electron chi connectivity index (χ0n) is 12.1. The van der Waals surface area contributed by atoms with Crippen molar-refractivity contribution < 1.29 is 14.4 Å². The second kappa shape index (κ2) is 5.63. The highest BCUT2D eigenvalue weighted by Crippen LogP contribution is 2.26. The van der Waals surface area contributed by atoms with Gasteiger partial charge in [0, 0.05) is 13.0 Å². The van der Waals surface area contributed by atoms with Crippen molar-refractivity contribution in [3.05, 3.63) is 0 Å². The van der Waals surface area contributed by atoms with Gasteiger partial charge in [0.25, 0.3) is 5.91 Å². The summed E-state index contributed by atoms with van der Waals surface area (Å²) >= 11 is 0. The second-order valence-corrected chi connectivity index (χ2v) is 6.31. The summed E-state index contributed by atoms with van der Waals surface area (Å²) in [6.45, 7) is 2.91. The number of hydrogen-bond acceptors (Lipinski definition) is 4. The minimum atomic E-state index is -0.890. The largest absolute Gasteiger partial charge is 0.340 e. The Labute approximate surface area is 123 Å². The van der Waals surface area contributed by atoms with E-state index in [-0.39, 0.29) is 11.8 Å². The van der Waals surface area contributed by atoms with Gasteiger partial charge in [-0.05, 0) is 44.7 Å². The van der Waals surface area contributed by atoms with E-state index in [1.807, 2.05) is 0 Å². The fraction of sp³-hybridized carbons (Fsp3) is 0.786. The van der Waals surface area contributed by atoms with E-state index in [4.69, 9.17) is 0 Å².